The minimum atomic E-state index is -4.30. The molecule has 0 spiro atoms. The Morgan fingerprint density at radius 1 is 1.38 bits per heavy atom. The first-order valence-corrected chi connectivity index (χ1v) is 10.5. The second kappa shape index (κ2) is 7.94. The molecule has 1 aliphatic rings. The Bertz CT molecular complexity index is 553. The van der Waals surface area contributed by atoms with Crippen molar-refractivity contribution in [2.75, 3.05) is 25.2 Å². The minimum Gasteiger partial charge on any atom is -0.285 e. The van der Waals surface area contributed by atoms with E-state index in [1.807, 2.05) is 0 Å². The van der Waals surface area contributed by atoms with Gasteiger partial charge in [-0.3, -0.25) is 8.37 Å². The molecule has 0 bridgehead atoms. The maximum atomic E-state index is 11.5. The maximum absolute atomic E-state index is 11.5. The van der Waals surface area contributed by atoms with E-state index in [2.05, 4.69) is 12.5 Å². The van der Waals surface area contributed by atoms with Crippen molar-refractivity contribution in [1.29, 1.82) is 0 Å². The van der Waals surface area contributed by atoms with Crippen molar-refractivity contribution in [3.63, 3.8) is 0 Å². The average Bonchev–Trinajstić information content (AvgIpc) is 2.71. The molecule has 21 heavy (non-hydrogen) atoms. The van der Waals surface area contributed by atoms with Crippen molar-refractivity contribution < 1.29 is 37.8 Å². The summed E-state index contributed by atoms with van der Waals surface area (Å²) in [6.45, 7) is 0.923. The fourth-order valence-electron chi connectivity index (χ4n) is 1.45. The van der Waals surface area contributed by atoms with E-state index < -0.39 is 50.4 Å². The van der Waals surface area contributed by atoms with E-state index >= 15 is 0 Å². The Morgan fingerprint density at radius 3 is 2.52 bits per heavy atom. The molecule has 0 amide bonds. The highest BCUT2D eigenvalue weighted by molar-refractivity contribution is 7.86. The van der Waals surface area contributed by atoms with Crippen LogP contribution in [-0.2, 0) is 48.3 Å². The second-order valence-corrected chi connectivity index (χ2v) is 8.27. The monoisotopic (exact) mass is 366 g/mol. The summed E-state index contributed by atoms with van der Waals surface area (Å²) >= 11 is -1.54. The van der Waals surface area contributed by atoms with Crippen LogP contribution in [0, 0.1) is 0 Å². The van der Waals surface area contributed by atoms with Crippen LogP contribution in [0.3, 0.4) is 0 Å². The van der Waals surface area contributed by atoms with Gasteiger partial charge in [0.15, 0.2) is 11.1 Å². The maximum Gasteiger partial charge on any atom is 0.400 e. The van der Waals surface area contributed by atoms with Crippen molar-refractivity contribution in [2.24, 2.45) is 0 Å². The lowest BCUT2D eigenvalue weighted by Gasteiger charge is -2.14. The number of rotatable bonds is 9. The molecule has 0 aliphatic carbocycles. The topological polar surface area (TPSA) is 122 Å². The van der Waals surface area contributed by atoms with Crippen LogP contribution in [-0.4, -0.2) is 58.5 Å². The zero-order valence-electron chi connectivity index (χ0n) is 11.6. The molecule has 1 aliphatic heterocycles. The quantitative estimate of drug-likeness (QED) is 0.496. The van der Waals surface area contributed by atoms with Crippen LogP contribution < -0.4 is 0 Å². The molecule has 1 fully saturated rings. The molecule has 126 valence electrons. The summed E-state index contributed by atoms with van der Waals surface area (Å²) in [6, 6.07) is 0. The first-order chi connectivity index (χ1) is 9.63. The average molecular weight is 366 g/mol. The normalized spacial score (nSPS) is 24.8. The summed E-state index contributed by atoms with van der Waals surface area (Å²) < 4.78 is 74.5. The van der Waals surface area contributed by atoms with Gasteiger partial charge in [-0.25, -0.2) is 12.6 Å². The van der Waals surface area contributed by atoms with Gasteiger partial charge in [-0.15, -0.1) is 0 Å². The number of hydrogen-bond acceptors (Lipinski definition) is 9. The Balaban J connectivity index is 2.38. The van der Waals surface area contributed by atoms with Gasteiger partial charge in [0.05, 0.1) is 25.1 Å². The molecular weight excluding hydrogens is 348 g/mol. The van der Waals surface area contributed by atoms with Gasteiger partial charge in [-0.05, 0) is 12.8 Å². The van der Waals surface area contributed by atoms with E-state index in [4.69, 9.17) is 4.18 Å². The summed E-state index contributed by atoms with van der Waals surface area (Å²) in [5.41, 5.74) is 0. The van der Waals surface area contributed by atoms with Gasteiger partial charge >= 0.3 is 10.4 Å². The Morgan fingerprint density at radius 2 is 2.05 bits per heavy atom. The molecule has 12 heteroatoms. The van der Waals surface area contributed by atoms with Crippen molar-refractivity contribution in [3.05, 3.63) is 0 Å². The van der Waals surface area contributed by atoms with Gasteiger partial charge in [0.25, 0.3) is 10.1 Å². The Hall–Kier alpha value is -0.110. The van der Waals surface area contributed by atoms with Crippen molar-refractivity contribution in [3.8, 4) is 0 Å². The zero-order chi connectivity index (χ0) is 16.1. The molecular formula is C9H18O9S3. The van der Waals surface area contributed by atoms with E-state index in [-0.39, 0.29) is 18.8 Å². The Labute approximate surface area is 127 Å². The second-order valence-electron chi connectivity index (χ2n) is 4.27. The fraction of sp³-hybridized carbons (Fsp3) is 1.00. The first kappa shape index (κ1) is 18.9. The number of hydrogen-bond donors (Lipinski definition) is 0. The van der Waals surface area contributed by atoms with Gasteiger partial charge in [0.2, 0.25) is 0 Å². The predicted molar refractivity (Wildman–Crippen MR) is 73.3 cm³/mol. The minimum absolute atomic E-state index is 0.160. The van der Waals surface area contributed by atoms with Gasteiger partial charge in [0, 0.05) is 6.26 Å². The lowest BCUT2D eigenvalue weighted by atomic mass is 10.3. The highest BCUT2D eigenvalue weighted by Crippen LogP contribution is 2.17. The third-order valence-electron chi connectivity index (χ3n) is 2.50. The third-order valence-corrected chi connectivity index (χ3v) is 5.19. The fourth-order valence-corrected chi connectivity index (χ4v) is 3.94. The van der Waals surface area contributed by atoms with Gasteiger partial charge in [0.1, 0.15) is 6.10 Å². The molecule has 1 rings (SSSR count). The van der Waals surface area contributed by atoms with Crippen LogP contribution in [0.4, 0.5) is 0 Å². The largest absolute Gasteiger partial charge is 0.400 e. The van der Waals surface area contributed by atoms with Crippen LogP contribution in [0.2, 0.25) is 0 Å². The molecule has 0 saturated carbocycles. The summed E-state index contributed by atoms with van der Waals surface area (Å²) in [6.07, 6.45) is 0.380. The van der Waals surface area contributed by atoms with E-state index in [1.165, 1.54) is 6.26 Å². The molecule has 0 aromatic carbocycles. The van der Waals surface area contributed by atoms with Crippen molar-refractivity contribution in [2.45, 2.75) is 32.0 Å². The summed E-state index contributed by atoms with van der Waals surface area (Å²) in [5, 5.41) is 0. The highest BCUT2D eigenvalue weighted by Gasteiger charge is 2.30. The van der Waals surface area contributed by atoms with Crippen LogP contribution in [0.5, 0.6) is 0 Å². The molecule has 3 atom stereocenters. The smallest absolute Gasteiger partial charge is 0.285 e. The van der Waals surface area contributed by atoms with Crippen LogP contribution in [0.1, 0.15) is 19.8 Å². The molecule has 0 aromatic heterocycles. The molecule has 9 nitrogen and oxygen atoms in total. The first-order valence-electron chi connectivity index (χ1n) is 6.09. The molecule has 1 saturated heterocycles. The zero-order valence-corrected chi connectivity index (χ0v) is 14.0. The Kier molecular flexibility index (Phi) is 7.16. The van der Waals surface area contributed by atoms with Gasteiger partial charge in [-0.2, -0.15) is 16.8 Å². The van der Waals surface area contributed by atoms with Crippen molar-refractivity contribution in [1.82, 2.24) is 0 Å². The van der Waals surface area contributed by atoms with E-state index in [0.717, 1.165) is 0 Å². The molecule has 1 heterocycles. The van der Waals surface area contributed by atoms with E-state index in [9.17, 15) is 21.0 Å². The SMILES string of the molecule is CCC(COS(=O)(=O)OCC1CCS(=O)(=O)O1)OS(C)=O. The molecule has 0 N–H and O–H groups in total. The van der Waals surface area contributed by atoms with E-state index in [0.29, 0.717) is 6.42 Å². The van der Waals surface area contributed by atoms with Crippen molar-refractivity contribution >= 4 is 31.6 Å². The van der Waals surface area contributed by atoms with Crippen LogP contribution in [0.25, 0.3) is 0 Å². The third kappa shape index (κ3) is 7.63. The van der Waals surface area contributed by atoms with Crippen LogP contribution in [0.15, 0.2) is 0 Å². The highest BCUT2D eigenvalue weighted by atomic mass is 32.3. The predicted octanol–water partition coefficient (Wildman–Crippen LogP) is -0.528. The van der Waals surface area contributed by atoms with E-state index in [1.54, 1.807) is 6.92 Å². The van der Waals surface area contributed by atoms with Crippen LogP contribution >= 0.6 is 0 Å². The lowest BCUT2D eigenvalue weighted by molar-refractivity contribution is 0.104. The molecule has 0 aromatic rings. The summed E-state index contributed by atoms with van der Waals surface area (Å²) in [5.74, 6) is -0.171. The van der Waals surface area contributed by atoms with Gasteiger partial charge in [-0.1, -0.05) is 6.92 Å². The molecule has 3 unspecified atom stereocenters. The summed E-state index contributed by atoms with van der Waals surface area (Å²) in [4.78, 5) is 0. The standard InChI is InChI=1S/C9H18O9S3/c1-3-8(17-19(2)10)6-15-21(13,14)16-7-9-4-5-20(11,12)18-9/h8-9H,3-7H2,1-2H3. The molecule has 0 radical (unpaired) electrons. The summed E-state index contributed by atoms with van der Waals surface area (Å²) in [7, 11) is -7.88. The lowest BCUT2D eigenvalue weighted by Crippen LogP contribution is -2.25. The van der Waals surface area contributed by atoms with Gasteiger partial charge < -0.3 is 0 Å².